The summed E-state index contributed by atoms with van der Waals surface area (Å²) in [5.41, 5.74) is 1.02. The lowest BCUT2D eigenvalue weighted by molar-refractivity contribution is -0.122. The molecule has 2 rings (SSSR count). The van der Waals surface area contributed by atoms with Crippen molar-refractivity contribution in [1.82, 2.24) is 15.5 Å². The van der Waals surface area contributed by atoms with Gasteiger partial charge < -0.3 is 20.1 Å². The highest BCUT2D eigenvalue weighted by molar-refractivity contribution is 6.00. The van der Waals surface area contributed by atoms with Crippen molar-refractivity contribution in [2.75, 3.05) is 46.5 Å². The number of methoxy groups -OCH3 is 1. The molecular weight excluding hydrogens is 322 g/mol. The summed E-state index contributed by atoms with van der Waals surface area (Å²) in [4.78, 5) is 26.0. The molecule has 0 bridgehead atoms. The molecule has 7 nitrogen and oxygen atoms in total. The highest BCUT2D eigenvalue weighted by Gasteiger charge is 2.13. The average Bonchev–Trinajstić information content (AvgIpc) is 2.62. The summed E-state index contributed by atoms with van der Waals surface area (Å²) in [6, 6.07) is 7.24. The molecule has 1 aromatic rings. The molecule has 25 heavy (non-hydrogen) atoms. The number of nitrogens with one attached hydrogen (secondary N) is 2. The quantitative estimate of drug-likeness (QED) is 0.707. The standard InChI is InChI=1S/C18H25N3O4/c1-14(22)20-17(13-15-3-5-16(24-2)6-4-15)18(23)19-7-8-21-9-11-25-12-10-21/h3-6,13H,7-12H2,1-2H3,(H,19,23)(H,20,22). The Labute approximate surface area is 148 Å². The first kappa shape index (κ1) is 19.0. The van der Waals surface area contributed by atoms with E-state index < -0.39 is 0 Å². The molecule has 1 aromatic carbocycles. The van der Waals surface area contributed by atoms with Crippen LogP contribution in [0.15, 0.2) is 30.0 Å². The van der Waals surface area contributed by atoms with Crippen molar-refractivity contribution >= 4 is 17.9 Å². The number of ether oxygens (including phenoxy) is 2. The summed E-state index contributed by atoms with van der Waals surface area (Å²) < 4.78 is 10.4. The third-order valence-corrected chi connectivity index (χ3v) is 3.80. The van der Waals surface area contributed by atoms with Crippen LogP contribution in [0.4, 0.5) is 0 Å². The summed E-state index contributed by atoms with van der Waals surface area (Å²) in [5.74, 6) is 0.135. The van der Waals surface area contributed by atoms with Crippen LogP contribution in [0.2, 0.25) is 0 Å². The fourth-order valence-corrected chi connectivity index (χ4v) is 2.46. The van der Waals surface area contributed by atoms with Crippen LogP contribution in [0.25, 0.3) is 6.08 Å². The molecule has 7 heteroatoms. The molecule has 0 atom stereocenters. The van der Waals surface area contributed by atoms with Crippen LogP contribution >= 0.6 is 0 Å². The second kappa shape index (κ2) is 9.80. The fraction of sp³-hybridized carbons (Fsp3) is 0.444. The van der Waals surface area contributed by atoms with Crippen molar-refractivity contribution in [3.8, 4) is 5.75 Å². The molecule has 0 radical (unpaired) electrons. The maximum atomic E-state index is 12.4. The van der Waals surface area contributed by atoms with Gasteiger partial charge in [0.1, 0.15) is 11.4 Å². The molecule has 0 aliphatic carbocycles. The summed E-state index contributed by atoms with van der Waals surface area (Å²) >= 11 is 0. The topological polar surface area (TPSA) is 79.9 Å². The molecule has 1 heterocycles. The number of rotatable bonds is 7. The molecule has 1 saturated heterocycles. The van der Waals surface area contributed by atoms with Crippen LogP contribution in [-0.2, 0) is 14.3 Å². The van der Waals surface area contributed by atoms with Crippen molar-refractivity contribution in [1.29, 1.82) is 0 Å². The Hall–Kier alpha value is -2.38. The Kier molecular flexibility index (Phi) is 7.43. The highest BCUT2D eigenvalue weighted by atomic mass is 16.5. The second-order valence-electron chi connectivity index (χ2n) is 5.72. The zero-order valence-electron chi connectivity index (χ0n) is 14.7. The minimum absolute atomic E-state index is 0.222. The first-order chi connectivity index (χ1) is 12.1. The van der Waals surface area contributed by atoms with E-state index in [0.29, 0.717) is 6.54 Å². The Morgan fingerprint density at radius 2 is 1.92 bits per heavy atom. The number of carbonyl (C=O) groups excluding carboxylic acids is 2. The highest BCUT2D eigenvalue weighted by Crippen LogP contribution is 2.13. The predicted molar refractivity (Wildman–Crippen MR) is 95.1 cm³/mol. The van der Waals surface area contributed by atoms with Crippen LogP contribution in [0.3, 0.4) is 0 Å². The predicted octanol–water partition coefficient (Wildman–Crippen LogP) is 0.621. The number of amides is 2. The summed E-state index contributed by atoms with van der Waals surface area (Å²) in [6.07, 6.45) is 1.64. The third kappa shape index (κ3) is 6.56. The van der Waals surface area contributed by atoms with Crippen molar-refractivity contribution in [2.24, 2.45) is 0 Å². The minimum Gasteiger partial charge on any atom is -0.497 e. The number of nitrogens with zero attached hydrogens (tertiary/aromatic N) is 1. The molecule has 2 amide bonds. The largest absolute Gasteiger partial charge is 0.497 e. The van der Waals surface area contributed by atoms with E-state index in [1.807, 2.05) is 12.1 Å². The Bertz CT molecular complexity index is 607. The van der Waals surface area contributed by atoms with E-state index in [0.717, 1.165) is 44.2 Å². The van der Waals surface area contributed by atoms with Crippen LogP contribution < -0.4 is 15.4 Å². The molecule has 136 valence electrons. The Morgan fingerprint density at radius 3 is 2.52 bits per heavy atom. The van der Waals surface area contributed by atoms with Gasteiger partial charge in [0.05, 0.1) is 20.3 Å². The summed E-state index contributed by atoms with van der Waals surface area (Å²) in [7, 11) is 1.59. The van der Waals surface area contributed by atoms with Gasteiger partial charge in [0, 0.05) is 33.1 Å². The van der Waals surface area contributed by atoms with Gasteiger partial charge in [0.2, 0.25) is 5.91 Å². The zero-order valence-corrected chi connectivity index (χ0v) is 14.7. The maximum Gasteiger partial charge on any atom is 0.267 e. The van der Waals surface area contributed by atoms with Crippen LogP contribution in [-0.4, -0.2) is 63.2 Å². The summed E-state index contributed by atoms with van der Waals surface area (Å²) in [6.45, 7) is 5.84. The van der Waals surface area contributed by atoms with E-state index in [-0.39, 0.29) is 17.5 Å². The van der Waals surface area contributed by atoms with Gasteiger partial charge in [0.25, 0.3) is 5.91 Å². The number of morpholine rings is 1. The van der Waals surface area contributed by atoms with E-state index in [2.05, 4.69) is 15.5 Å². The molecule has 0 aromatic heterocycles. The molecular formula is C18H25N3O4. The van der Waals surface area contributed by atoms with Gasteiger partial charge in [-0.05, 0) is 23.8 Å². The van der Waals surface area contributed by atoms with Gasteiger partial charge in [-0.3, -0.25) is 14.5 Å². The normalized spacial score (nSPS) is 15.5. The lowest BCUT2D eigenvalue weighted by atomic mass is 10.1. The molecule has 1 aliphatic heterocycles. The summed E-state index contributed by atoms with van der Waals surface area (Å²) in [5, 5.41) is 5.44. The van der Waals surface area contributed by atoms with E-state index in [4.69, 9.17) is 9.47 Å². The Balaban J connectivity index is 1.95. The van der Waals surface area contributed by atoms with Gasteiger partial charge in [-0.1, -0.05) is 12.1 Å². The van der Waals surface area contributed by atoms with Gasteiger partial charge in [0.15, 0.2) is 0 Å². The van der Waals surface area contributed by atoms with Crippen molar-refractivity contribution < 1.29 is 19.1 Å². The van der Waals surface area contributed by atoms with Crippen LogP contribution in [0.1, 0.15) is 12.5 Å². The first-order valence-corrected chi connectivity index (χ1v) is 8.30. The lowest BCUT2D eigenvalue weighted by Crippen LogP contribution is -2.42. The van der Waals surface area contributed by atoms with Gasteiger partial charge in [-0.2, -0.15) is 0 Å². The first-order valence-electron chi connectivity index (χ1n) is 8.30. The minimum atomic E-state index is -0.306. The Morgan fingerprint density at radius 1 is 1.24 bits per heavy atom. The zero-order chi connectivity index (χ0) is 18.1. The fourth-order valence-electron chi connectivity index (χ4n) is 2.46. The molecule has 0 unspecified atom stereocenters. The third-order valence-electron chi connectivity index (χ3n) is 3.80. The van der Waals surface area contributed by atoms with E-state index in [1.165, 1.54) is 6.92 Å². The SMILES string of the molecule is COc1ccc(C=C(NC(C)=O)C(=O)NCCN2CCOCC2)cc1. The monoisotopic (exact) mass is 347 g/mol. The lowest BCUT2D eigenvalue weighted by Gasteiger charge is -2.26. The van der Waals surface area contributed by atoms with Gasteiger partial charge in [-0.15, -0.1) is 0 Å². The molecule has 1 fully saturated rings. The van der Waals surface area contributed by atoms with Crippen LogP contribution in [0.5, 0.6) is 5.75 Å². The average molecular weight is 347 g/mol. The smallest absolute Gasteiger partial charge is 0.267 e. The molecule has 2 N–H and O–H groups in total. The molecule has 1 aliphatic rings. The number of carbonyl (C=O) groups is 2. The van der Waals surface area contributed by atoms with E-state index >= 15 is 0 Å². The van der Waals surface area contributed by atoms with Gasteiger partial charge >= 0.3 is 0 Å². The van der Waals surface area contributed by atoms with Crippen molar-refractivity contribution in [2.45, 2.75) is 6.92 Å². The van der Waals surface area contributed by atoms with Gasteiger partial charge in [-0.25, -0.2) is 0 Å². The number of hydrogen-bond donors (Lipinski definition) is 2. The van der Waals surface area contributed by atoms with Crippen molar-refractivity contribution in [3.05, 3.63) is 35.5 Å². The van der Waals surface area contributed by atoms with E-state index in [1.54, 1.807) is 25.3 Å². The van der Waals surface area contributed by atoms with Crippen molar-refractivity contribution in [3.63, 3.8) is 0 Å². The molecule has 0 saturated carbocycles. The maximum absolute atomic E-state index is 12.4. The van der Waals surface area contributed by atoms with Crippen LogP contribution in [0, 0.1) is 0 Å². The molecule has 0 spiro atoms. The van der Waals surface area contributed by atoms with E-state index in [9.17, 15) is 9.59 Å². The number of hydrogen-bond acceptors (Lipinski definition) is 5. The second-order valence-corrected chi connectivity index (χ2v) is 5.72. The number of benzene rings is 1.